The summed E-state index contributed by atoms with van der Waals surface area (Å²) in [6.45, 7) is 2.02. The number of aromatic amines is 1. The van der Waals surface area contributed by atoms with Gasteiger partial charge < -0.3 is 4.98 Å². The topological polar surface area (TPSA) is 63.1 Å². The molecule has 0 spiro atoms. The van der Waals surface area contributed by atoms with Gasteiger partial charge in [0, 0.05) is 10.9 Å². The molecule has 0 fully saturated rings. The van der Waals surface area contributed by atoms with Crippen LogP contribution in [0.3, 0.4) is 0 Å². The summed E-state index contributed by atoms with van der Waals surface area (Å²) in [5.41, 5.74) is 2.04. The fourth-order valence-corrected chi connectivity index (χ4v) is 3.09. The van der Waals surface area contributed by atoms with Crippen molar-refractivity contribution in [2.75, 3.05) is 0 Å². The first-order valence-electron chi connectivity index (χ1n) is 6.07. The Hall–Kier alpha value is -2.21. The van der Waals surface area contributed by atoms with E-state index in [0.717, 1.165) is 27.8 Å². The van der Waals surface area contributed by atoms with Crippen LogP contribution in [0.4, 0.5) is 0 Å². The van der Waals surface area contributed by atoms with Crippen LogP contribution in [0.15, 0.2) is 29.1 Å². The summed E-state index contributed by atoms with van der Waals surface area (Å²) in [6, 6.07) is 7.80. The predicted molar refractivity (Wildman–Crippen MR) is 75.9 cm³/mol. The van der Waals surface area contributed by atoms with Crippen molar-refractivity contribution in [2.24, 2.45) is 0 Å². The third-order valence-electron chi connectivity index (χ3n) is 3.20. The summed E-state index contributed by atoms with van der Waals surface area (Å²) in [6.07, 6.45) is 0.808. The summed E-state index contributed by atoms with van der Waals surface area (Å²) in [4.78, 5) is 20.8. The lowest BCUT2D eigenvalue weighted by Gasteiger charge is -1.91. The number of rotatable bonds is 1. The summed E-state index contributed by atoms with van der Waals surface area (Å²) in [5, 5.41) is 6.18. The lowest BCUT2D eigenvalue weighted by molar-refractivity contribution is 0.869. The molecule has 5 nitrogen and oxygen atoms in total. The van der Waals surface area contributed by atoms with Gasteiger partial charge in [0.15, 0.2) is 0 Å². The number of benzene rings is 1. The Bertz CT molecular complexity index is 979. The molecule has 4 aromatic rings. The molecule has 0 atom stereocenters. The van der Waals surface area contributed by atoms with E-state index in [-0.39, 0.29) is 5.56 Å². The third kappa shape index (κ3) is 1.37. The van der Waals surface area contributed by atoms with Gasteiger partial charge in [0.05, 0.1) is 0 Å². The maximum absolute atomic E-state index is 12.4. The SMILES string of the molecule is CCc1nn2c(=O)c3[nH]c4ccccc4c3nc2s1. The Morgan fingerprint density at radius 3 is 3.05 bits per heavy atom. The first-order chi connectivity index (χ1) is 9.28. The Morgan fingerprint density at radius 1 is 1.37 bits per heavy atom. The van der Waals surface area contributed by atoms with Crippen LogP contribution in [0.2, 0.25) is 0 Å². The second-order valence-electron chi connectivity index (χ2n) is 4.35. The van der Waals surface area contributed by atoms with E-state index < -0.39 is 0 Å². The zero-order valence-electron chi connectivity index (χ0n) is 10.2. The highest BCUT2D eigenvalue weighted by Gasteiger charge is 2.14. The van der Waals surface area contributed by atoms with Crippen LogP contribution in [0.1, 0.15) is 11.9 Å². The second kappa shape index (κ2) is 3.64. The minimum atomic E-state index is -0.132. The van der Waals surface area contributed by atoms with Crippen LogP contribution < -0.4 is 5.56 Å². The summed E-state index contributed by atoms with van der Waals surface area (Å²) in [5.74, 6) is 0. The van der Waals surface area contributed by atoms with Crippen LogP contribution in [0.5, 0.6) is 0 Å². The molecule has 3 aromatic heterocycles. The molecule has 0 saturated heterocycles. The first kappa shape index (κ1) is 10.7. The normalized spacial score (nSPS) is 11.8. The molecule has 0 radical (unpaired) electrons. The minimum Gasteiger partial charge on any atom is -0.349 e. The average Bonchev–Trinajstić information content (AvgIpc) is 3.01. The third-order valence-corrected chi connectivity index (χ3v) is 4.25. The van der Waals surface area contributed by atoms with E-state index in [9.17, 15) is 4.79 Å². The van der Waals surface area contributed by atoms with Gasteiger partial charge in [-0.1, -0.05) is 36.5 Å². The van der Waals surface area contributed by atoms with Gasteiger partial charge in [0.2, 0.25) is 4.96 Å². The quantitative estimate of drug-likeness (QED) is 0.577. The smallest absolute Gasteiger partial charge is 0.299 e. The number of aryl methyl sites for hydroxylation is 1. The number of H-pyrrole nitrogens is 1. The van der Waals surface area contributed by atoms with Crippen LogP contribution in [-0.4, -0.2) is 19.6 Å². The Balaban J connectivity index is 2.26. The van der Waals surface area contributed by atoms with Gasteiger partial charge in [-0.2, -0.15) is 9.61 Å². The highest BCUT2D eigenvalue weighted by molar-refractivity contribution is 7.16. The fourth-order valence-electron chi connectivity index (χ4n) is 2.27. The lowest BCUT2D eigenvalue weighted by Crippen LogP contribution is -2.15. The average molecular weight is 270 g/mol. The van der Waals surface area contributed by atoms with Crippen molar-refractivity contribution in [3.05, 3.63) is 39.6 Å². The van der Waals surface area contributed by atoms with Crippen molar-refractivity contribution < 1.29 is 0 Å². The molecule has 0 aliphatic rings. The highest BCUT2D eigenvalue weighted by Crippen LogP contribution is 2.23. The van der Waals surface area contributed by atoms with Gasteiger partial charge >= 0.3 is 0 Å². The number of hydrogen-bond acceptors (Lipinski definition) is 4. The molecule has 0 saturated carbocycles. The Morgan fingerprint density at radius 2 is 2.21 bits per heavy atom. The number of nitrogens with one attached hydrogen (secondary N) is 1. The molecule has 94 valence electrons. The number of para-hydroxylation sites is 1. The summed E-state index contributed by atoms with van der Waals surface area (Å²) in [7, 11) is 0. The molecule has 3 heterocycles. The summed E-state index contributed by atoms with van der Waals surface area (Å²) >= 11 is 1.47. The molecule has 0 aliphatic heterocycles. The highest BCUT2D eigenvalue weighted by atomic mass is 32.1. The summed E-state index contributed by atoms with van der Waals surface area (Å²) < 4.78 is 1.39. The van der Waals surface area contributed by atoms with Crippen molar-refractivity contribution in [1.29, 1.82) is 0 Å². The number of nitrogens with zero attached hydrogens (tertiary/aromatic N) is 3. The number of hydrogen-bond donors (Lipinski definition) is 1. The van der Waals surface area contributed by atoms with E-state index in [1.807, 2.05) is 31.2 Å². The second-order valence-corrected chi connectivity index (χ2v) is 5.40. The van der Waals surface area contributed by atoms with Crippen molar-refractivity contribution in [1.82, 2.24) is 19.6 Å². The van der Waals surface area contributed by atoms with Crippen molar-refractivity contribution in [2.45, 2.75) is 13.3 Å². The van der Waals surface area contributed by atoms with Crippen LogP contribution in [0.25, 0.3) is 26.9 Å². The van der Waals surface area contributed by atoms with Gasteiger partial charge in [0.1, 0.15) is 16.0 Å². The molecule has 1 aromatic carbocycles. The Labute approximate surface area is 111 Å². The van der Waals surface area contributed by atoms with Crippen LogP contribution >= 0.6 is 11.3 Å². The standard InChI is InChI=1S/C13H10N4OS/c1-2-9-16-17-12(18)11-10(15-13(17)19-9)7-5-3-4-6-8(7)14-11/h3-6,14H,2H2,1H3. The molecular formula is C13H10N4OS. The molecule has 6 heteroatoms. The van der Waals surface area contributed by atoms with Crippen molar-refractivity contribution >= 4 is 38.2 Å². The van der Waals surface area contributed by atoms with E-state index in [2.05, 4.69) is 15.1 Å². The first-order valence-corrected chi connectivity index (χ1v) is 6.88. The number of aromatic nitrogens is 4. The van der Waals surface area contributed by atoms with Crippen LogP contribution in [0, 0.1) is 0 Å². The molecular weight excluding hydrogens is 260 g/mol. The zero-order chi connectivity index (χ0) is 13.0. The maximum Gasteiger partial charge on any atom is 0.299 e. The monoisotopic (exact) mass is 270 g/mol. The molecule has 0 aliphatic carbocycles. The largest absolute Gasteiger partial charge is 0.349 e. The molecule has 0 bridgehead atoms. The molecule has 4 rings (SSSR count). The zero-order valence-corrected chi connectivity index (χ0v) is 11.0. The van der Waals surface area contributed by atoms with Gasteiger partial charge in [-0.25, -0.2) is 4.98 Å². The van der Waals surface area contributed by atoms with Gasteiger partial charge in [-0.15, -0.1) is 0 Å². The van der Waals surface area contributed by atoms with Gasteiger partial charge in [-0.05, 0) is 12.5 Å². The van der Waals surface area contributed by atoms with Crippen LogP contribution in [-0.2, 0) is 6.42 Å². The molecule has 0 amide bonds. The van der Waals surface area contributed by atoms with E-state index in [0.29, 0.717) is 10.5 Å². The van der Waals surface area contributed by atoms with Crippen molar-refractivity contribution in [3.63, 3.8) is 0 Å². The molecule has 19 heavy (non-hydrogen) atoms. The Kier molecular flexibility index (Phi) is 2.05. The molecule has 0 unspecified atom stereocenters. The van der Waals surface area contributed by atoms with Gasteiger partial charge in [-0.3, -0.25) is 4.79 Å². The van der Waals surface area contributed by atoms with Gasteiger partial charge in [0.25, 0.3) is 5.56 Å². The number of fused-ring (bicyclic) bond motifs is 4. The van der Waals surface area contributed by atoms with E-state index in [1.165, 1.54) is 15.9 Å². The lowest BCUT2D eigenvalue weighted by atomic mass is 10.2. The maximum atomic E-state index is 12.4. The van der Waals surface area contributed by atoms with E-state index >= 15 is 0 Å². The minimum absolute atomic E-state index is 0.132. The molecule has 1 N–H and O–H groups in total. The predicted octanol–water partition coefficient (Wildman–Crippen LogP) is 2.35. The fraction of sp³-hybridized carbons (Fsp3) is 0.154. The van der Waals surface area contributed by atoms with E-state index in [4.69, 9.17) is 0 Å². The van der Waals surface area contributed by atoms with E-state index in [1.54, 1.807) is 0 Å². The van der Waals surface area contributed by atoms with Crippen molar-refractivity contribution in [3.8, 4) is 0 Å².